The van der Waals surface area contributed by atoms with Crippen molar-refractivity contribution in [3.05, 3.63) is 0 Å². The molecule has 0 spiro atoms. The number of nitrogens with zero attached hydrogens (tertiary/aromatic N) is 1. The summed E-state index contributed by atoms with van der Waals surface area (Å²) in [5.74, 6) is 2.55. The summed E-state index contributed by atoms with van der Waals surface area (Å²) in [6.07, 6.45) is 0.666. The molecule has 1 atom stereocenters. The lowest BCUT2D eigenvalue weighted by molar-refractivity contribution is 0.165. The first-order valence-electron chi connectivity index (χ1n) is 5.51. The van der Waals surface area contributed by atoms with Gasteiger partial charge in [-0.15, -0.1) is 0 Å². The average Bonchev–Trinajstić information content (AvgIpc) is 2.25. The number of aliphatic hydroxyl groups is 1. The van der Waals surface area contributed by atoms with Gasteiger partial charge in [-0.3, -0.25) is 0 Å². The molecule has 0 aliphatic carbocycles. The number of hydrogen-bond donors (Lipinski definition) is 2. The van der Waals surface area contributed by atoms with E-state index in [2.05, 4.69) is 10.2 Å². The van der Waals surface area contributed by atoms with Gasteiger partial charge in [0.1, 0.15) is 0 Å². The van der Waals surface area contributed by atoms with Crippen LogP contribution >= 0.6 is 11.8 Å². The van der Waals surface area contributed by atoms with Gasteiger partial charge in [0.2, 0.25) is 0 Å². The van der Waals surface area contributed by atoms with Gasteiger partial charge >= 0.3 is 0 Å². The zero-order valence-corrected chi connectivity index (χ0v) is 9.85. The molecular formula is C10H22N2OS. The van der Waals surface area contributed by atoms with Crippen LogP contribution in [0.15, 0.2) is 0 Å². The maximum atomic E-state index is 9.32. The normalized spacial score (nSPS) is 21.0. The molecule has 84 valence electrons. The third-order valence-corrected chi connectivity index (χ3v) is 3.50. The quantitative estimate of drug-likeness (QED) is 0.633. The maximum Gasteiger partial charge on any atom is 0.0662 e. The molecule has 0 aromatic heterocycles. The van der Waals surface area contributed by atoms with Crippen molar-refractivity contribution in [1.82, 2.24) is 10.2 Å². The summed E-state index contributed by atoms with van der Waals surface area (Å²) in [7, 11) is 0. The lowest BCUT2D eigenvalue weighted by Crippen LogP contribution is -2.39. The molecular weight excluding hydrogens is 196 g/mol. The van der Waals surface area contributed by atoms with Gasteiger partial charge in [0, 0.05) is 44.2 Å². The molecule has 14 heavy (non-hydrogen) atoms. The molecule has 4 heteroatoms. The van der Waals surface area contributed by atoms with Gasteiger partial charge in [0.05, 0.1) is 6.10 Å². The van der Waals surface area contributed by atoms with E-state index < -0.39 is 0 Å². The molecule has 1 aliphatic heterocycles. The van der Waals surface area contributed by atoms with Crippen LogP contribution in [0.2, 0.25) is 0 Å². The van der Waals surface area contributed by atoms with Crippen LogP contribution in [0.5, 0.6) is 0 Å². The van der Waals surface area contributed by atoms with Gasteiger partial charge in [0.15, 0.2) is 0 Å². The highest BCUT2D eigenvalue weighted by atomic mass is 32.2. The van der Waals surface area contributed by atoms with Gasteiger partial charge in [-0.1, -0.05) is 6.92 Å². The Kier molecular flexibility index (Phi) is 6.60. The second-order valence-corrected chi connectivity index (χ2v) is 4.94. The molecule has 0 aromatic carbocycles. The Balaban J connectivity index is 1.92. The fourth-order valence-electron chi connectivity index (χ4n) is 1.47. The molecule has 0 radical (unpaired) electrons. The minimum atomic E-state index is -0.174. The summed E-state index contributed by atoms with van der Waals surface area (Å²) in [6.45, 7) is 7.32. The van der Waals surface area contributed by atoms with E-state index in [1.54, 1.807) is 0 Å². The lowest BCUT2D eigenvalue weighted by Gasteiger charge is -2.26. The van der Waals surface area contributed by atoms with E-state index in [1.807, 2.05) is 18.7 Å². The summed E-state index contributed by atoms with van der Waals surface area (Å²) < 4.78 is 0. The Morgan fingerprint density at radius 2 is 2.14 bits per heavy atom. The SMILES string of the molecule is CCC(O)CNCCN1CCSCC1. The summed E-state index contributed by atoms with van der Waals surface area (Å²) in [4.78, 5) is 2.49. The molecule has 0 amide bonds. The smallest absolute Gasteiger partial charge is 0.0662 e. The van der Waals surface area contributed by atoms with Crippen LogP contribution in [0.25, 0.3) is 0 Å². The van der Waals surface area contributed by atoms with Crippen molar-refractivity contribution in [1.29, 1.82) is 0 Å². The van der Waals surface area contributed by atoms with Crippen LogP contribution in [-0.2, 0) is 0 Å². The van der Waals surface area contributed by atoms with Crippen LogP contribution in [0.1, 0.15) is 13.3 Å². The first-order valence-corrected chi connectivity index (χ1v) is 6.67. The third-order valence-electron chi connectivity index (χ3n) is 2.56. The first-order chi connectivity index (χ1) is 6.83. The van der Waals surface area contributed by atoms with Gasteiger partial charge in [-0.05, 0) is 6.42 Å². The Morgan fingerprint density at radius 3 is 2.79 bits per heavy atom. The van der Waals surface area contributed by atoms with E-state index in [4.69, 9.17) is 0 Å². The number of hydrogen-bond acceptors (Lipinski definition) is 4. The minimum absolute atomic E-state index is 0.174. The van der Waals surface area contributed by atoms with E-state index in [0.29, 0.717) is 0 Å². The van der Waals surface area contributed by atoms with Crippen molar-refractivity contribution in [2.24, 2.45) is 0 Å². The monoisotopic (exact) mass is 218 g/mol. The van der Waals surface area contributed by atoms with Crippen LogP contribution in [-0.4, -0.2) is 60.3 Å². The van der Waals surface area contributed by atoms with Crippen molar-refractivity contribution >= 4 is 11.8 Å². The largest absolute Gasteiger partial charge is 0.392 e. The predicted molar refractivity (Wildman–Crippen MR) is 62.9 cm³/mol. The number of rotatable bonds is 6. The number of thioether (sulfide) groups is 1. The molecule has 2 N–H and O–H groups in total. The summed E-state index contributed by atoms with van der Waals surface area (Å²) >= 11 is 2.04. The zero-order valence-electron chi connectivity index (χ0n) is 9.04. The standard InChI is InChI=1S/C10H22N2OS/c1-2-10(13)9-11-3-4-12-5-7-14-8-6-12/h10-11,13H,2-9H2,1H3. The average molecular weight is 218 g/mol. The molecule has 1 rings (SSSR count). The fraction of sp³-hybridized carbons (Fsp3) is 1.00. The molecule has 1 heterocycles. The number of nitrogens with one attached hydrogen (secondary N) is 1. The van der Waals surface area contributed by atoms with E-state index in [-0.39, 0.29) is 6.10 Å². The van der Waals surface area contributed by atoms with Crippen LogP contribution in [0.3, 0.4) is 0 Å². The van der Waals surface area contributed by atoms with Gasteiger partial charge in [0.25, 0.3) is 0 Å². The van der Waals surface area contributed by atoms with Gasteiger partial charge < -0.3 is 15.3 Å². The summed E-state index contributed by atoms with van der Waals surface area (Å²) in [5.41, 5.74) is 0. The maximum absolute atomic E-state index is 9.32. The molecule has 0 saturated carbocycles. The minimum Gasteiger partial charge on any atom is -0.392 e. The second kappa shape index (κ2) is 7.51. The molecule has 1 saturated heterocycles. The highest BCUT2D eigenvalue weighted by Crippen LogP contribution is 2.07. The topological polar surface area (TPSA) is 35.5 Å². The number of aliphatic hydroxyl groups excluding tert-OH is 1. The predicted octanol–water partition coefficient (Wildman–Crippen LogP) is 0.396. The van der Waals surface area contributed by atoms with E-state index in [9.17, 15) is 5.11 Å². The molecule has 1 unspecified atom stereocenters. The molecule has 0 aromatic rings. The Labute approximate surface area is 91.2 Å². The summed E-state index contributed by atoms with van der Waals surface area (Å²) in [5, 5.41) is 12.6. The Hall–Kier alpha value is 0.230. The Bertz CT molecular complexity index is 140. The van der Waals surface area contributed by atoms with Crippen molar-refractivity contribution in [3.63, 3.8) is 0 Å². The van der Waals surface area contributed by atoms with Crippen molar-refractivity contribution in [2.45, 2.75) is 19.4 Å². The molecule has 0 bridgehead atoms. The van der Waals surface area contributed by atoms with E-state index in [0.717, 1.165) is 26.1 Å². The highest BCUT2D eigenvalue weighted by molar-refractivity contribution is 7.99. The molecule has 1 aliphatic rings. The summed E-state index contributed by atoms with van der Waals surface area (Å²) in [6, 6.07) is 0. The van der Waals surface area contributed by atoms with Crippen molar-refractivity contribution in [2.75, 3.05) is 44.2 Å². The third kappa shape index (κ3) is 5.20. The fourth-order valence-corrected chi connectivity index (χ4v) is 2.45. The highest BCUT2D eigenvalue weighted by Gasteiger charge is 2.09. The molecule has 1 fully saturated rings. The van der Waals surface area contributed by atoms with Crippen molar-refractivity contribution < 1.29 is 5.11 Å². The molecule has 3 nitrogen and oxygen atoms in total. The Morgan fingerprint density at radius 1 is 1.43 bits per heavy atom. The second-order valence-electron chi connectivity index (χ2n) is 3.72. The van der Waals surface area contributed by atoms with E-state index >= 15 is 0 Å². The van der Waals surface area contributed by atoms with E-state index in [1.165, 1.54) is 24.6 Å². The van der Waals surface area contributed by atoms with Crippen molar-refractivity contribution in [3.8, 4) is 0 Å². The van der Waals surface area contributed by atoms with Crippen LogP contribution in [0.4, 0.5) is 0 Å². The van der Waals surface area contributed by atoms with Gasteiger partial charge in [-0.25, -0.2) is 0 Å². The van der Waals surface area contributed by atoms with Crippen LogP contribution < -0.4 is 5.32 Å². The first kappa shape index (κ1) is 12.3. The van der Waals surface area contributed by atoms with Gasteiger partial charge in [-0.2, -0.15) is 11.8 Å². The van der Waals surface area contributed by atoms with Crippen LogP contribution in [0, 0.1) is 0 Å². The zero-order chi connectivity index (χ0) is 10.2. The lowest BCUT2D eigenvalue weighted by atomic mass is 10.3.